The predicted octanol–water partition coefficient (Wildman–Crippen LogP) is 4.15. The van der Waals surface area contributed by atoms with Crippen LogP contribution in [0.1, 0.15) is 22.7 Å². The van der Waals surface area contributed by atoms with Crippen LogP contribution in [-0.4, -0.2) is 7.11 Å². The first-order chi connectivity index (χ1) is 9.51. The first-order valence-electron chi connectivity index (χ1n) is 6.35. The molecule has 0 aliphatic rings. The van der Waals surface area contributed by atoms with E-state index in [0.29, 0.717) is 6.42 Å². The number of aryl methyl sites for hydroxylation is 1. The summed E-state index contributed by atoms with van der Waals surface area (Å²) in [6, 6.07) is 10.5. The topological polar surface area (TPSA) is 35.2 Å². The van der Waals surface area contributed by atoms with Crippen LogP contribution in [0.15, 0.2) is 40.9 Å². The van der Waals surface area contributed by atoms with Crippen molar-refractivity contribution in [3.63, 3.8) is 0 Å². The molecule has 0 aromatic heterocycles. The van der Waals surface area contributed by atoms with E-state index in [1.165, 1.54) is 12.1 Å². The lowest BCUT2D eigenvalue weighted by Crippen LogP contribution is -2.14. The summed E-state index contributed by atoms with van der Waals surface area (Å²) in [5.41, 5.74) is 9.19. The van der Waals surface area contributed by atoms with Gasteiger partial charge in [-0.25, -0.2) is 4.39 Å². The zero-order chi connectivity index (χ0) is 14.7. The van der Waals surface area contributed by atoms with Gasteiger partial charge in [-0.1, -0.05) is 12.1 Å². The van der Waals surface area contributed by atoms with Gasteiger partial charge in [0.15, 0.2) is 0 Å². The first kappa shape index (κ1) is 15.0. The Balaban J connectivity index is 2.18. The Morgan fingerprint density at radius 2 is 2.00 bits per heavy atom. The van der Waals surface area contributed by atoms with Crippen molar-refractivity contribution in [2.75, 3.05) is 7.11 Å². The Morgan fingerprint density at radius 3 is 2.60 bits per heavy atom. The van der Waals surface area contributed by atoms with E-state index in [0.717, 1.165) is 26.9 Å². The fourth-order valence-corrected chi connectivity index (χ4v) is 2.84. The molecular weight excluding hydrogens is 321 g/mol. The highest BCUT2D eigenvalue weighted by Gasteiger charge is 2.11. The molecule has 106 valence electrons. The van der Waals surface area contributed by atoms with Crippen LogP contribution in [0.4, 0.5) is 4.39 Å². The van der Waals surface area contributed by atoms with E-state index in [1.54, 1.807) is 13.2 Å². The van der Waals surface area contributed by atoms with E-state index in [1.807, 2.05) is 25.1 Å². The molecule has 0 aliphatic heterocycles. The van der Waals surface area contributed by atoms with Crippen LogP contribution in [0.25, 0.3) is 0 Å². The van der Waals surface area contributed by atoms with Gasteiger partial charge in [-0.15, -0.1) is 0 Å². The second-order valence-electron chi connectivity index (χ2n) is 4.78. The summed E-state index contributed by atoms with van der Waals surface area (Å²) >= 11 is 3.46. The standard InChI is InChI=1S/C16H17BrFNO/c1-10-7-12(18)4-5-13(10)15(19)9-11-3-6-16(20-2)14(17)8-11/h3-8,15H,9,19H2,1-2H3. The fraction of sp³-hybridized carbons (Fsp3) is 0.250. The van der Waals surface area contributed by atoms with Gasteiger partial charge in [-0.05, 0) is 70.2 Å². The Labute approximate surface area is 126 Å². The highest BCUT2D eigenvalue weighted by atomic mass is 79.9. The van der Waals surface area contributed by atoms with Crippen LogP contribution in [0, 0.1) is 12.7 Å². The lowest BCUT2D eigenvalue weighted by atomic mass is 9.96. The minimum Gasteiger partial charge on any atom is -0.496 e. The third-order valence-corrected chi connectivity index (χ3v) is 3.92. The quantitative estimate of drug-likeness (QED) is 0.909. The summed E-state index contributed by atoms with van der Waals surface area (Å²) in [6.45, 7) is 1.88. The number of hydrogen-bond acceptors (Lipinski definition) is 2. The number of rotatable bonds is 4. The highest BCUT2D eigenvalue weighted by Crippen LogP contribution is 2.28. The fourth-order valence-electron chi connectivity index (χ4n) is 2.26. The van der Waals surface area contributed by atoms with Crippen LogP contribution in [0.2, 0.25) is 0 Å². The summed E-state index contributed by atoms with van der Waals surface area (Å²) < 4.78 is 19.2. The van der Waals surface area contributed by atoms with Crippen molar-refractivity contribution in [3.8, 4) is 5.75 Å². The molecule has 0 bridgehead atoms. The van der Waals surface area contributed by atoms with Crippen molar-refractivity contribution in [2.45, 2.75) is 19.4 Å². The lowest BCUT2D eigenvalue weighted by molar-refractivity contribution is 0.412. The molecule has 0 fully saturated rings. The highest BCUT2D eigenvalue weighted by molar-refractivity contribution is 9.10. The normalized spacial score (nSPS) is 12.2. The van der Waals surface area contributed by atoms with Gasteiger partial charge >= 0.3 is 0 Å². The van der Waals surface area contributed by atoms with Gasteiger partial charge in [-0.2, -0.15) is 0 Å². The number of hydrogen-bond donors (Lipinski definition) is 1. The Kier molecular flexibility index (Phi) is 4.78. The van der Waals surface area contributed by atoms with Crippen LogP contribution in [0.5, 0.6) is 5.75 Å². The van der Waals surface area contributed by atoms with Crippen LogP contribution >= 0.6 is 15.9 Å². The van der Waals surface area contributed by atoms with Gasteiger partial charge in [-0.3, -0.25) is 0 Å². The molecule has 0 radical (unpaired) electrons. The van der Waals surface area contributed by atoms with Crippen LogP contribution < -0.4 is 10.5 Å². The molecule has 0 saturated carbocycles. The predicted molar refractivity (Wildman–Crippen MR) is 82.5 cm³/mol. The molecule has 1 atom stereocenters. The van der Waals surface area contributed by atoms with Gasteiger partial charge in [0.05, 0.1) is 11.6 Å². The van der Waals surface area contributed by atoms with Crippen LogP contribution in [0.3, 0.4) is 0 Å². The Morgan fingerprint density at radius 1 is 1.25 bits per heavy atom. The lowest BCUT2D eigenvalue weighted by Gasteiger charge is -2.15. The zero-order valence-electron chi connectivity index (χ0n) is 11.5. The maximum atomic E-state index is 13.1. The number of benzene rings is 2. The first-order valence-corrected chi connectivity index (χ1v) is 7.14. The summed E-state index contributed by atoms with van der Waals surface area (Å²) in [5.74, 6) is 0.561. The Bertz CT molecular complexity index is 615. The number of halogens is 2. The molecule has 20 heavy (non-hydrogen) atoms. The molecule has 2 aromatic carbocycles. The van der Waals surface area contributed by atoms with E-state index >= 15 is 0 Å². The molecule has 0 amide bonds. The molecule has 4 heteroatoms. The second kappa shape index (κ2) is 6.37. The summed E-state index contributed by atoms with van der Waals surface area (Å²) in [6.07, 6.45) is 0.690. The van der Waals surface area contributed by atoms with Crippen molar-refractivity contribution in [3.05, 3.63) is 63.4 Å². The average Bonchev–Trinajstić information content (AvgIpc) is 2.38. The molecule has 0 aliphatic carbocycles. The average molecular weight is 338 g/mol. The zero-order valence-corrected chi connectivity index (χ0v) is 13.1. The molecule has 0 heterocycles. The van der Waals surface area contributed by atoms with Gasteiger partial charge < -0.3 is 10.5 Å². The number of methoxy groups -OCH3 is 1. The van der Waals surface area contributed by atoms with Gasteiger partial charge in [0.1, 0.15) is 11.6 Å². The molecule has 2 nitrogen and oxygen atoms in total. The van der Waals surface area contributed by atoms with E-state index < -0.39 is 0 Å². The molecular formula is C16H17BrFNO. The maximum absolute atomic E-state index is 13.1. The van der Waals surface area contributed by atoms with E-state index in [9.17, 15) is 4.39 Å². The SMILES string of the molecule is COc1ccc(CC(N)c2ccc(F)cc2C)cc1Br. The van der Waals surface area contributed by atoms with Crippen molar-refractivity contribution in [1.29, 1.82) is 0 Å². The number of ether oxygens (including phenoxy) is 1. The molecule has 0 saturated heterocycles. The van der Waals surface area contributed by atoms with E-state index in [-0.39, 0.29) is 11.9 Å². The monoisotopic (exact) mass is 337 g/mol. The Hall–Kier alpha value is -1.39. The number of nitrogens with two attached hydrogens (primary N) is 1. The molecule has 2 aromatic rings. The molecule has 1 unspecified atom stereocenters. The van der Waals surface area contributed by atoms with E-state index in [4.69, 9.17) is 10.5 Å². The summed E-state index contributed by atoms with van der Waals surface area (Å²) in [7, 11) is 1.63. The van der Waals surface area contributed by atoms with Crippen molar-refractivity contribution >= 4 is 15.9 Å². The minimum absolute atomic E-state index is 0.157. The largest absolute Gasteiger partial charge is 0.496 e. The van der Waals surface area contributed by atoms with Crippen molar-refractivity contribution < 1.29 is 9.13 Å². The second-order valence-corrected chi connectivity index (χ2v) is 5.63. The van der Waals surface area contributed by atoms with E-state index in [2.05, 4.69) is 15.9 Å². The van der Waals surface area contributed by atoms with Gasteiger partial charge in [0.25, 0.3) is 0 Å². The summed E-state index contributed by atoms with van der Waals surface area (Å²) in [4.78, 5) is 0. The molecule has 2 rings (SSSR count). The smallest absolute Gasteiger partial charge is 0.133 e. The minimum atomic E-state index is -0.231. The van der Waals surface area contributed by atoms with Crippen molar-refractivity contribution in [1.82, 2.24) is 0 Å². The third-order valence-electron chi connectivity index (χ3n) is 3.30. The van der Waals surface area contributed by atoms with Gasteiger partial charge in [0.2, 0.25) is 0 Å². The summed E-state index contributed by atoms with van der Waals surface area (Å²) in [5, 5.41) is 0. The third kappa shape index (κ3) is 3.38. The van der Waals surface area contributed by atoms with Gasteiger partial charge in [0, 0.05) is 6.04 Å². The molecule has 2 N–H and O–H groups in total. The maximum Gasteiger partial charge on any atom is 0.133 e. The van der Waals surface area contributed by atoms with Crippen molar-refractivity contribution in [2.24, 2.45) is 5.73 Å². The van der Waals surface area contributed by atoms with Crippen LogP contribution in [-0.2, 0) is 6.42 Å². The molecule has 0 spiro atoms.